The van der Waals surface area contributed by atoms with E-state index in [0.29, 0.717) is 57.5 Å². The summed E-state index contributed by atoms with van der Waals surface area (Å²) in [5.74, 6) is -0.667. The van der Waals surface area contributed by atoms with Crippen molar-refractivity contribution in [2.45, 2.75) is 32.2 Å². The van der Waals surface area contributed by atoms with E-state index < -0.39 is 6.04 Å². The van der Waals surface area contributed by atoms with Gasteiger partial charge < -0.3 is 20.4 Å². The highest BCUT2D eigenvalue weighted by atomic mass is 16.2. The quantitative estimate of drug-likeness (QED) is 0.439. The van der Waals surface area contributed by atoms with E-state index in [0.717, 1.165) is 10.8 Å². The molecule has 2 aromatic rings. The lowest BCUT2D eigenvalue weighted by Crippen LogP contribution is -2.55. The van der Waals surface area contributed by atoms with Crippen molar-refractivity contribution in [2.75, 3.05) is 32.7 Å². The number of benzene rings is 2. The van der Waals surface area contributed by atoms with Gasteiger partial charge in [-0.05, 0) is 42.2 Å². The number of hydrogen-bond donors (Lipinski definition) is 2. The summed E-state index contributed by atoms with van der Waals surface area (Å²) in [5, 5.41) is 7.39. The van der Waals surface area contributed by atoms with Crippen LogP contribution < -0.4 is 10.6 Å². The molecule has 2 aromatic carbocycles. The zero-order valence-corrected chi connectivity index (χ0v) is 19.6. The summed E-state index contributed by atoms with van der Waals surface area (Å²) < 4.78 is 0. The molecule has 0 bridgehead atoms. The van der Waals surface area contributed by atoms with Gasteiger partial charge in [0.05, 0.1) is 0 Å². The van der Waals surface area contributed by atoms with Gasteiger partial charge >= 0.3 is 0 Å². The highest BCUT2D eigenvalue weighted by Crippen LogP contribution is 2.21. The van der Waals surface area contributed by atoms with E-state index in [1.807, 2.05) is 42.5 Å². The Bertz CT molecular complexity index is 1050. The molecule has 2 N–H and O–H groups in total. The Morgan fingerprint density at radius 1 is 0.971 bits per heavy atom. The van der Waals surface area contributed by atoms with Crippen molar-refractivity contribution in [1.29, 1.82) is 0 Å². The average Bonchev–Trinajstić information content (AvgIpc) is 2.86. The van der Waals surface area contributed by atoms with E-state index >= 15 is 0 Å². The van der Waals surface area contributed by atoms with Crippen LogP contribution >= 0.6 is 0 Å². The second-order valence-electron chi connectivity index (χ2n) is 8.39. The highest BCUT2D eigenvalue weighted by molar-refractivity contribution is 6.07. The van der Waals surface area contributed by atoms with Crippen molar-refractivity contribution >= 4 is 34.4 Å². The van der Waals surface area contributed by atoms with E-state index in [9.17, 15) is 19.2 Å². The smallest absolute Gasteiger partial charge is 0.254 e. The van der Waals surface area contributed by atoms with E-state index in [2.05, 4.69) is 17.2 Å². The number of hydrogen-bond acceptors (Lipinski definition) is 4. The van der Waals surface area contributed by atoms with Gasteiger partial charge in [-0.25, -0.2) is 0 Å². The van der Waals surface area contributed by atoms with Gasteiger partial charge in [0.1, 0.15) is 6.04 Å². The fraction of sp³-hybridized carbons (Fsp3) is 0.385. The fourth-order valence-corrected chi connectivity index (χ4v) is 4.19. The summed E-state index contributed by atoms with van der Waals surface area (Å²) in [5.41, 5.74) is 0.664. The van der Waals surface area contributed by atoms with Crippen LogP contribution in [0.15, 0.2) is 55.1 Å². The number of amides is 4. The van der Waals surface area contributed by atoms with Crippen LogP contribution in [-0.4, -0.2) is 72.2 Å². The van der Waals surface area contributed by atoms with Gasteiger partial charge in [0.25, 0.3) is 5.91 Å². The first-order chi connectivity index (χ1) is 16.4. The van der Waals surface area contributed by atoms with Crippen LogP contribution in [0.5, 0.6) is 0 Å². The first-order valence-electron chi connectivity index (χ1n) is 11.6. The molecule has 1 fully saturated rings. The Morgan fingerprint density at radius 3 is 2.35 bits per heavy atom. The second-order valence-corrected chi connectivity index (χ2v) is 8.39. The Balaban J connectivity index is 1.55. The summed E-state index contributed by atoms with van der Waals surface area (Å²) >= 11 is 0. The van der Waals surface area contributed by atoms with Crippen molar-refractivity contribution < 1.29 is 19.2 Å². The third-order valence-corrected chi connectivity index (χ3v) is 5.98. The van der Waals surface area contributed by atoms with Crippen LogP contribution in [0.1, 0.15) is 36.5 Å². The molecule has 0 aromatic heterocycles. The predicted molar refractivity (Wildman–Crippen MR) is 131 cm³/mol. The molecular formula is C26H32N4O4. The van der Waals surface area contributed by atoms with Crippen LogP contribution in [0.25, 0.3) is 10.8 Å². The zero-order chi connectivity index (χ0) is 24.5. The second kappa shape index (κ2) is 12.0. The van der Waals surface area contributed by atoms with E-state index in [1.54, 1.807) is 9.80 Å². The van der Waals surface area contributed by atoms with Crippen LogP contribution in [0.3, 0.4) is 0 Å². The number of nitrogens with one attached hydrogen (secondary N) is 2. The monoisotopic (exact) mass is 464 g/mol. The number of fused-ring (bicyclic) bond motifs is 1. The Morgan fingerprint density at radius 2 is 1.65 bits per heavy atom. The number of nitrogens with zero attached hydrogens (tertiary/aromatic N) is 2. The first-order valence-corrected chi connectivity index (χ1v) is 11.6. The molecule has 0 spiro atoms. The molecular weight excluding hydrogens is 432 g/mol. The van der Waals surface area contributed by atoms with Crippen LogP contribution in [-0.2, 0) is 14.4 Å². The molecule has 1 atom stereocenters. The number of carbonyl (C=O) groups excluding carboxylic acids is 4. The lowest BCUT2D eigenvalue weighted by molar-refractivity contribution is -0.137. The largest absolute Gasteiger partial charge is 0.353 e. The van der Waals surface area contributed by atoms with Crippen LogP contribution in [0, 0.1) is 0 Å². The maximum absolute atomic E-state index is 13.2. The Labute approximate surface area is 200 Å². The molecule has 8 nitrogen and oxygen atoms in total. The molecule has 1 aliphatic heterocycles. The van der Waals surface area contributed by atoms with Crippen LogP contribution in [0.2, 0.25) is 0 Å². The van der Waals surface area contributed by atoms with Gasteiger partial charge in [0.15, 0.2) is 0 Å². The maximum atomic E-state index is 13.2. The molecule has 1 aliphatic rings. The SMILES string of the molecule is C=CC(=O)NCCCC[C@H](NC(C)=O)C(=O)N1CCN(C(=O)c2cccc3ccccc23)CC1. The summed E-state index contributed by atoms with van der Waals surface area (Å²) in [6, 6.07) is 12.9. The zero-order valence-electron chi connectivity index (χ0n) is 19.6. The van der Waals surface area contributed by atoms with Crippen molar-refractivity contribution in [3.8, 4) is 0 Å². The molecule has 34 heavy (non-hydrogen) atoms. The van der Waals surface area contributed by atoms with Gasteiger partial charge in [-0.1, -0.05) is 43.0 Å². The third-order valence-electron chi connectivity index (χ3n) is 5.98. The number of piperazine rings is 1. The predicted octanol–water partition coefficient (Wildman–Crippen LogP) is 2.10. The van der Waals surface area contributed by atoms with Crippen molar-refractivity contribution in [2.24, 2.45) is 0 Å². The number of rotatable bonds is 9. The third kappa shape index (κ3) is 6.43. The number of carbonyl (C=O) groups is 4. The minimum absolute atomic E-state index is 0.0381. The van der Waals surface area contributed by atoms with Gasteiger partial charge in [-0.3, -0.25) is 19.2 Å². The summed E-state index contributed by atoms with van der Waals surface area (Å²) in [6.45, 7) is 7.00. The Kier molecular flexibility index (Phi) is 8.79. The molecule has 8 heteroatoms. The first kappa shape index (κ1) is 25.0. The minimum atomic E-state index is -0.618. The van der Waals surface area contributed by atoms with Gasteiger partial charge in [-0.2, -0.15) is 0 Å². The lowest BCUT2D eigenvalue weighted by atomic mass is 10.0. The van der Waals surface area contributed by atoms with Gasteiger partial charge in [0.2, 0.25) is 17.7 Å². The Hall–Kier alpha value is -3.68. The molecule has 1 heterocycles. The molecule has 4 amide bonds. The van der Waals surface area contributed by atoms with Gasteiger partial charge in [-0.15, -0.1) is 0 Å². The topological polar surface area (TPSA) is 98.8 Å². The van der Waals surface area contributed by atoms with E-state index in [1.165, 1.54) is 13.0 Å². The van der Waals surface area contributed by atoms with Crippen molar-refractivity contribution in [3.05, 3.63) is 60.7 Å². The van der Waals surface area contributed by atoms with Crippen molar-refractivity contribution in [1.82, 2.24) is 20.4 Å². The average molecular weight is 465 g/mol. The van der Waals surface area contributed by atoms with E-state index in [4.69, 9.17) is 0 Å². The van der Waals surface area contributed by atoms with Crippen molar-refractivity contribution in [3.63, 3.8) is 0 Å². The van der Waals surface area contributed by atoms with Gasteiger partial charge in [0, 0.05) is 45.2 Å². The molecule has 0 aliphatic carbocycles. The highest BCUT2D eigenvalue weighted by Gasteiger charge is 2.30. The molecule has 1 saturated heterocycles. The van der Waals surface area contributed by atoms with Crippen LogP contribution in [0.4, 0.5) is 0 Å². The molecule has 0 unspecified atom stereocenters. The maximum Gasteiger partial charge on any atom is 0.254 e. The fourth-order valence-electron chi connectivity index (χ4n) is 4.19. The summed E-state index contributed by atoms with van der Waals surface area (Å²) in [7, 11) is 0. The van der Waals surface area contributed by atoms with E-state index in [-0.39, 0.29) is 23.6 Å². The normalized spacial score (nSPS) is 14.4. The molecule has 3 rings (SSSR count). The number of unbranched alkanes of at least 4 members (excludes halogenated alkanes) is 1. The lowest BCUT2D eigenvalue weighted by Gasteiger charge is -2.36. The summed E-state index contributed by atoms with van der Waals surface area (Å²) in [6.07, 6.45) is 3.07. The molecule has 0 radical (unpaired) electrons. The summed E-state index contributed by atoms with van der Waals surface area (Å²) in [4.78, 5) is 52.6. The standard InChI is InChI=1S/C26H32N4O4/c1-3-24(32)27-14-7-6-13-23(28-19(2)31)26(34)30-17-15-29(16-18-30)25(33)22-12-8-10-20-9-4-5-11-21(20)22/h3-5,8-12,23H,1,6-7,13-18H2,2H3,(H,27,32)(H,28,31)/t23-/m0/s1. The molecule has 180 valence electrons. The minimum Gasteiger partial charge on any atom is -0.353 e. The molecule has 0 saturated carbocycles.